The highest BCUT2D eigenvalue weighted by Gasteiger charge is 2.13. The fourth-order valence-electron chi connectivity index (χ4n) is 4.07. The quantitative estimate of drug-likeness (QED) is 0.277. The first-order chi connectivity index (χ1) is 17.7. The van der Waals surface area contributed by atoms with Crippen LogP contribution in [0.5, 0.6) is 0 Å². The van der Waals surface area contributed by atoms with Gasteiger partial charge in [-0.25, -0.2) is 10.1 Å². The van der Waals surface area contributed by atoms with Crippen molar-refractivity contribution in [2.24, 2.45) is 0 Å². The molecule has 0 radical (unpaired) electrons. The van der Waals surface area contributed by atoms with Gasteiger partial charge in [0.25, 0.3) is 11.1 Å². The number of nitrogens with one attached hydrogen (secondary N) is 1. The molecule has 1 N–H and O–H groups in total. The Bertz CT molecular complexity index is 1810. The van der Waals surface area contributed by atoms with Gasteiger partial charge in [-0.1, -0.05) is 72.4 Å². The number of pyridine rings is 3. The molecule has 4 aromatic heterocycles. The topological polar surface area (TPSA) is 98.5 Å². The van der Waals surface area contributed by atoms with Crippen molar-refractivity contribution in [1.82, 2.24) is 29.3 Å². The van der Waals surface area contributed by atoms with E-state index < -0.39 is 0 Å². The molecule has 0 aliphatic rings. The lowest BCUT2D eigenvalue weighted by Crippen LogP contribution is -2.22. The van der Waals surface area contributed by atoms with Gasteiger partial charge in [0.15, 0.2) is 0 Å². The van der Waals surface area contributed by atoms with Crippen LogP contribution in [-0.4, -0.2) is 29.3 Å². The van der Waals surface area contributed by atoms with E-state index in [1.807, 2.05) is 60.7 Å². The molecule has 6 aromatic rings. The molecule has 36 heavy (non-hydrogen) atoms. The number of hydrogen-bond donors (Lipinski definition) is 1. The molecule has 0 amide bonds. The summed E-state index contributed by atoms with van der Waals surface area (Å²) in [5, 5.41) is 8.37. The first-order valence-corrected chi connectivity index (χ1v) is 12.3. The average Bonchev–Trinajstić information content (AvgIpc) is 3.39. The Morgan fingerprint density at radius 1 is 0.750 bits per heavy atom. The van der Waals surface area contributed by atoms with E-state index in [-0.39, 0.29) is 11.1 Å². The van der Waals surface area contributed by atoms with E-state index in [4.69, 9.17) is 0 Å². The molecule has 0 saturated heterocycles. The Balaban J connectivity index is 1.35. The first kappa shape index (κ1) is 22.0. The van der Waals surface area contributed by atoms with Gasteiger partial charge < -0.3 is 4.57 Å². The number of benzene rings is 2. The van der Waals surface area contributed by atoms with Gasteiger partial charge in [-0.3, -0.25) is 14.2 Å². The molecular weight excluding hydrogens is 472 g/mol. The maximum absolute atomic E-state index is 13.4. The van der Waals surface area contributed by atoms with Gasteiger partial charge in [0.2, 0.25) is 11.1 Å². The van der Waals surface area contributed by atoms with Crippen LogP contribution in [0.3, 0.4) is 0 Å². The van der Waals surface area contributed by atoms with Crippen LogP contribution in [0.2, 0.25) is 0 Å². The zero-order chi connectivity index (χ0) is 24.5. The van der Waals surface area contributed by atoms with Crippen LogP contribution in [0.4, 0.5) is 0 Å². The number of aromatic nitrogens is 6. The van der Waals surface area contributed by atoms with Crippen LogP contribution in [0.1, 0.15) is 11.1 Å². The molecule has 2 aromatic carbocycles. The van der Waals surface area contributed by atoms with Crippen molar-refractivity contribution in [3.05, 3.63) is 123 Å². The lowest BCUT2D eigenvalue weighted by molar-refractivity contribution is 0.767. The molecular formula is C27H20N6O2S. The Morgan fingerprint density at radius 2 is 1.42 bits per heavy atom. The fraction of sp³-hybridized carbons (Fsp3) is 0.0741. The Kier molecular flexibility index (Phi) is 5.67. The van der Waals surface area contributed by atoms with Crippen LogP contribution in [0, 0.1) is 0 Å². The summed E-state index contributed by atoms with van der Waals surface area (Å²) in [7, 11) is 0. The molecule has 0 aliphatic carbocycles. The monoisotopic (exact) mass is 492 g/mol. The number of rotatable bonds is 6. The summed E-state index contributed by atoms with van der Waals surface area (Å²) < 4.78 is 3.01. The maximum atomic E-state index is 13.4. The second-order valence-electron chi connectivity index (χ2n) is 8.30. The van der Waals surface area contributed by atoms with Crippen molar-refractivity contribution in [2.75, 3.05) is 0 Å². The minimum atomic E-state index is -0.324. The third kappa shape index (κ3) is 4.20. The molecule has 9 heteroatoms. The highest BCUT2D eigenvalue weighted by Crippen LogP contribution is 2.20. The Labute approximate surface area is 209 Å². The van der Waals surface area contributed by atoms with Crippen LogP contribution >= 0.6 is 11.8 Å². The number of thioether (sulfide) groups is 1. The SMILES string of the molecule is O=c1c2cc3c(=O)n(-c4nc(SCc5ccccc5)n[nH]4)ccc3nc2ccn1Cc1ccccc1. The Morgan fingerprint density at radius 3 is 2.17 bits per heavy atom. The Hall–Kier alpha value is -4.50. The molecule has 0 saturated carbocycles. The van der Waals surface area contributed by atoms with Crippen molar-refractivity contribution in [2.45, 2.75) is 17.5 Å². The molecule has 176 valence electrons. The lowest BCUT2D eigenvalue weighted by Gasteiger charge is -2.09. The predicted octanol–water partition coefficient (Wildman–Crippen LogP) is 4.16. The van der Waals surface area contributed by atoms with Gasteiger partial charge in [0, 0.05) is 18.1 Å². The number of nitrogens with zero attached hydrogens (tertiary/aromatic N) is 5. The first-order valence-electron chi connectivity index (χ1n) is 11.3. The van der Waals surface area contributed by atoms with Gasteiger partial charge >= 0.3 is 0 Å². The lowest BCUT2D eigenvalue weighted by atomic mass is 10.1. The normalized spacial score (nSPS) is 11.3. The molecule has 0 fully saturated rings. The van der Waals surface area contributed by atoms with E-state index in [2.05, 4.69) is 20.2 Å². The molecule has 4 heterocycles. The summed E-state index contributed by atoms with van der Waals surface area (Å²) >= 11 is 1.48. The van der Waals surface area contributed by atoms with Crippen LogP contribution in [-0.2, 0) is 12.3 Å². The van der Waals surface area contributed by atoms with Gasteiger partial charge in [-0.2, -0.15) is 4.98 Å². The minimum Gasteiger partial charge on any atom is -0.310 e. The summed E-state index contributed by atoms with van der Waals surface area (Å²) in [5.74, 6) is 1.03. The molecule has 0 unspecified atom stereocenters. The van der Waals surface area contributed by atoms with Crippen molar-refractivity contribution < 1.29 is 0 Å². The number of H-pyrrole nitrogens is 1. The second-order valence-corrected chi connectivity index (χ2v) is 9.24. The second kappa shape index (κ2) is 9.27. The number of fused-ring (bicyclic) bond motifs is 2. The highest BCUT2D eigenvalue weighted by atomic mass is 32.2. The summed E-state index contributed by atoms with van der Waals surface area (Å²) in [4.78, 5) is 35.6. The standard InChI is InChI=1S/C27H20N6O2S/c34-24-20-15-21-23(28-22(20)11-13-32(24)16-18-7-3-1-4-8-18)12-14-33(25(21)35)26-29-27(31-30-26)36-17-19-9-5-2-6-10-19/h1-15H,16-17H2,(H,29,30,31). The summed E-state index contributed by atoms with van der Waals surface area (Å²) in [6.45, 7) is 0.439. The molecule has 6 rings (SSSR count). The van der Waals surface area contributed by atoms with Gasteiger partial charge in [-0.05, 0) is 29.3 Å². The van der Waals surface area contributed by atoms with Gasteiger partial charge in [0.1, 0.15) is 0 Å². The highest BCUT2D eigenvalue weighted by molar-refractivity contribution is 7.98. The maximum Gasteiger partial charge on any atom is 0.266 e. The van der Waals surface area contributed by atoms with Crippen molar-refractivity contribution in [1.29, 1.82) is 0 Å². The molecule has 0 spiro atoms. The molecule has 0 atom stereocenters. The van der Waals surface area contributed by atoms with Crippen LogP contribution < -0.4 is 11.1 Å². The van der Waals surface area contributed by atoms with Gasteiger partial charge in [0.05, 0.1) is 28.4 Å². The summed E-state index contributed by atoms with van der Waals surface area (Å²) in [6.07, 6.45) is 3.35. The third-order valence-electron chi connectivity index (χ3n) is 5.90. The summed E-state index contributed by atoms with van der Waals surface area (Å²) in [5.41, 5.74) is 2.72. The number of hydrogen-bond acceptors (Lipinski definition) is 6. The minimum absolute atomic E-state index is 0.195. The number of aromatic amines is 1. The van der Waals surface area contributed by atoms with E-state index in [9.17, 15) is 9.59 Å². The third-order valence-corrected chi connectivity index (χ3v) is 6.82. The zero-order valence-corrected chi connectivity index (χ0v) is 19.9. The largest absolute Gasteiger partial charge is 0.310 e. The predicted molar refractivity (Wildman–Crippen MR) is 141 cm³/mol. The van der Waals surface area contributed by atoms with Gasteiger partial charge in [-0.15, -0.1) is 5.10 Å². The molecule has 0 bridgehead atoms. The van der Waals surface area contributed by atoms with Crippen molar-refractivity contribution >= 4 is 33.6 Å². The average molecular weight is 493 g/mol. The van der Waals surface area contributed by atoms with E-state index >= 15 is 0 Å². The molecule has 0 aliphatic heterocycles. The van der Waals surface area contributed by atoms with E-state index in [1.54, 1.807) is 35.2 Å². The van der Waals surface area contributed by atoms with E-state index in [0.717, 1.165) is 16.9 Å². The van der Waals surface area contributed by atoms with Crippen molar-refractivity contribution in [3.63, 3.8) is 0 Å². The van der Waals surface area contributed by atoms with Crippen molar-refractivity contribution in [3.8, 4) is 5.95 Å². The van der Waals surface area contributed by atoms with E-state index in [0.29, 0.717) is 39.5 Å². The van der Waals surface area contributed by atoms with E-state index in [1.165, 1.54) is 16.3 Å². The fourth-order valence-corrected chi connectivity index (χ4v) is 4.82. The molecule has 8 nitrogen and oxygen atoms in total. The van der Waals surface area contributed by atoms with Crippen LogP contribution in [0.25, 0.3) is 27.8 Å². The smallest absolute Gasteiger partial charge is 0.266 e. The van der Waals surface area contributed by atoms with Crippen LogP contribution in [0.15, 0.2) is 106 Å². The zero-order valence-electron chi connectivity index (χ0n) is 19.0. The summed E-state index contributed by atoms with van der Waals surface area (Å²) in [6, 6.07) is 25.0.